The molecule has 0 aliphatic carbocycles. The van der Waals surface area contributed by atoms with Crippen molar-refractivity contribution in [3.63, 3.8) is 0 Å². The minimum atomic E-state index is -5.08. The van der Waals surface area contributed by atoms with Crippen molar-refractivity contribution in [2.75, 3.05) is 97.0 Å². The molecule has 5 aliphatic rings. The Labute approximate surface area is 753 Å². The van der Waals surface area contributed by atoms with Crippen LogP contribution in [0.2, 0.25) is 0 Å². The van der Waals surface area contributed by atoms with Crippen LogP contribution in [0.1, 0.15) is 99.8 Å². The molecule has 13 aromatic rings. The van der Waals surface area contributed by atoms with Gasteiger partial charge in [-0.15, -0.1) is 10.2 Å². The molecular weight excluding hydrogens is 1840 g/mol. The Morgan fingerprint density at radius 3 is 1.14 bits per heavy atom. The number of alkyl halides is 15. The van der Waals surface area contributed by atoms with Crippen molar-refractivity contribution in [3.8, 4) is 17.4 Å². The van der Waals surface area contributed by atoms with E-state index in [1.807, 2.05) is 42.8 Å². The van der Waals surface area contributed by atoms with E-state index in [0.29, 0.717) is 114 Å². The molecule has 5 aliphatic heterocycles. The number of fused-ring (bicyclic) bond motifs is 5. The zero-order valence-electron chi connectivity index (χ0n) is 72.2. The van der Waals surface area contributed by atoms with E-state index in [0.717, 1.165) is 72.1 Å². The van der Waals surface area contributed by atoms with E-state index < -0.39 is 99.7 Å². The predicted molar refractivity (Wildman–Crippen MR) is 454 cm³/mol. The molecule has 0 atom stereocenters. The van der Waals surface area contributed by atoms with Gasteiger partial charge < -0.3 is 81.9 Å². The third kappa shape index (κ3) is 22.5. The number of carbonyl (C=O) groups excluding carboxylic acids is 2. The van der Waals surface area contributed by atoms with Crippen LogP contribution >= 0.6 is 12.2 Å². The third-order valence-corrected chi connectivity index (χ3v) is 22.1. The van der Waals surface area contributed by atoms with E-state index in [1.54, 1.807) is 93.8 Å². The number of nitrogens with zero attached hydrogens (tertiary/aromatic N) is 14. The fourth-order valence-corrected chi connectivity index (χ4v) is 15.4. The van der Waals surface area contributed by atoms with E-state index in [-0.39, 0.29) is 83.4 Å². The molecule has 3 N–H and O–H groups in total. The summed E-state index contributed by atoms with van der Waals surface area (Å²) >= 11 is 5.37. The van der Waals surface area contributed by atoms with Crippen LogP contribution in [0.5, 0.6) is 11.8 Å². The second kappa shape index (κ2) is 38.4. The molecule has 25 nitrogen and oxygen atoms in total. The summed E-state index contributed by atoms with van der Waals surface area (Å²) in [4.78, 5) is 47.9. The zero-order chi connectivity index (χ0) is 97.6. The molecule has 716 valence electrons. The van der Waals surface area contributed by atoms with E-state index >= 15 is 0 Å². The van der Waals surface area contributed by atoms with Crippen molar-refractivity contribution in [1.29, 1.82) is 0 Å². The number of ether oxygens (including phenoxy) is 5. The summed E-state index contributed by atoms with van der Waals surface area (Å²) in [6.45, 7) is 15.7. The Morgan fingerprint density at radius 1 is 0.448 bits per heavy atom. The summed E-state index contributed by atoms with van der Waals surface area (Å²) in [5.41, 5.74) is -0.683. The molecule has 134 heavy (non-hydrogen) atoms. The van der Waals surface area contributed by atoms with Crippen LogP contribution in [0.25, 0.3) is 60.2 Å². The maximum atomic E-state index is 13.7. The average Bonchev–Trinajstić information content (AvgIpc) is 1.68. The number of hydrogen-bond acceptors (Lipinski definition) is 15. The number of carbonyl (C=O) groups is 3. The lowest BCUT2D eigenvalue weighted by atomic mass is 10.1. The van der Waals surface area contributed by atoms with Crippen molar-refractivity contribution in [2.24, 2.45) is 0 Å². The smallest absolute Gasteiger partial charge is 0.481 e. The molecule has 8 aromatic heterocycles. The van der Waals surface area contributed by atoms with Crippen LogP contribution < -0.4 is 25.0 Å². The van der Waals surface area contributed by atoms with E-state index in [2.05, 4.69) is 35.4 Å². The Bertz CT molecular complexity index is 6420. The first-order chi connectivity index (χ1) is 62.7. The molecule has 2 amide bonds. The summed E-state index contributed by atoms with van der Waals surface area (Å²) in [7, 11) is 4.58. The van der Waals surface area contributed by atoms with Gasteiger partial charge in [-0.3, -0.25) is 4.57 Å². The number of likely N-dealkylation sites (tertiary alicyclic amines) is 3. The topological polar surface area (TPSA) is 236 Å². The first-order valence-corrected chi connectivity index (χ1v) is 41.1. The van der Waals surface area contributed by atoms with E-state index in [9.17, 15) is 97.4 Å². The maximum absolute atomic E-state index is 13.7. The lowest BCUT2D eigenvalue weighted by Crippen LogP contribution is -2.52. The highest BCUT2D eigenvalue weighted by Crippen LogP contribution is 2.45. The number of benzene rings is 5. The second-order valence-electron chi connectivity index (χ2n) is 33.4. The number of aromatic nitrogens is 10. The molecule has 5 fully saturated rings. The molecule has 0 bridgehead atoms. The van der Waals surface area contributed by atoms with Crippen LogP contribution in [0.4, 0.5) is 109 Å². The lowest BCUT2D eigenvalue weighted by molar-refractivity contribution is -0.192. The largest absolute Gasteiger partial charge is 0.490 e. The number of halogens is 20. The van der Waals surface area contributed by atoms with Gasteiger partial charge in [0.2, 0.25) is 17.7 Å². The molecule has 0 saturated carbocycles. The van der Waals surface area contributed by atoms with Crippen LogP contribution in [-0.4, -0.2) is 195 Å². The maximum Gasteiger partial charge on any atom is 0.490 e. The normalized spacial score (nSPS) is 15.3. The number of thiocarbonyl (C=S) groups is 1. The van der Waals surface area contributed by atoms with Crippen molar-refractivity contribution >= 4 is 102 Å². The molecule has 0 radical (unpaired) electrons. The summed E-state index contributed by atoms with van der Waals surface area (Å²) in [5.74, 6) is -3.78. The summed E-state index contributed by atoms with van der Waals surface area (Å²) < 4.78 is 294. The van der Waals surface area contributed by atoms with Crippen LogP contribution in [-0.2, 0) is 50.3 Å². The molecule has 0 unspecified atom stereocenters. The van der Waals surface area contributed by atoms with Gasteiger partial charge in [-0.2, -0.15) is 65.9 Å². The molecule has 5 aromatic carbocycles. The number of pyridine rings is 2. The first-order valence-electron chi connectivity index (χ1n) is 40.7. The van der Waals surface area contributed by atoms with Crippen molar-refractivity contribution < 1.29 is 131 Å². The number of anilines is 2. The number of carboxylic acids is 1. The number of hydrogen-bond donors (Lipinski definition) is 3. The van der Waals surface area contributed by atoms with Gasteiger partial charge in [0.25, 0.3) is 0 Å². The summed E-state index contributed by atoms with van der Waals surface area (Å²) in [6.07, 6.45) is -14.7. The van der Waals surface area contributed by atoms with Gasteiger partial charge in [0.05, 0.1) is 90.5 Å². The highest BCUT2D eigenvalue weighted by molar-refractivity contribution is 7.80. The molecule has 0 spiro atoms. The molecule has 5 saturated heterocycles. The van der Waals surface area contributed by atoms with E-state index in [4.69, 9.17) is 45.8 Å². The van der Waals surface area contributed by atoms with Gasteiger partial charge in [-0.05, 0) is 163 Å². The number of methoxy groups -OCH3 is 3. The van der Waals surface area contributed by atoms with Gasteiger partial charge >= 0.3 is 49.0 Å². The Morgan fingerprint density at radius 2 is 0.806 bits per heavy atom. The third-order valence-electron chi connectivity index (χ3n) is 21.7. The minimum Gasteiger partial charge on any atom is -0.481 e. The lowest BCUT2D eigenvalue weighted by Gasteiger charge is -2.42. The minimum absolute atomic E-state index is 0.00839. The van der Waals surface area contributed by atoms with Gasteiger partial charge in [0.15, 0.2) is 10.9 Å². The van der Waals surface area contributed by atoms with Crippen molar-refractivity contribution in [1.82, 2.24) is 67.6 Å². The number of amides is 2. The van der Waals surface area contributed by atoms with Gasteiger partial charge in [-0.25, -0.2) is 46.3 Å². The van der Waals surface area contributed by atoms with Crippen LogP contribution in [0.15, 0.2) is 165 Å². The zero-order valence-corrected chi connectivity index (χ0v) is 73.0. The number of aliphatic carboxylic acids is 1. The fraction of sp³-hybridized carbons (Fsp3) is 0.364. The number of carboxylic acid groups (broad SMARTS) is 1. The van der Waals surface area contributed by atoms with Crippen LogP contribution in [0, 0.1) is 29.1 Å². The highest BCUT2D eigenvalue weighted by Gasteiger charge is 2.45. The second-order valence-corrected chi connectivity index (χ2v) is 33.8. The average molecular weight is 1920 g/mol. The van der Waals surface area contributed by atoms with Gasteiger partial charge in [-0.1, -0.05) is 0 Å². The Hall–Kier alpha value is -13.1. The van der Waals surface area contributed by atoms with Crippen molar-refractivity contribution in [2.45, 2.75) is 120 Å². The molecule has 13 heterocycles. The van der Waals surface area contributed by atoms with E-state index in [1.165, 1.54) is 72.2 Å². The fourth-order valence-electron chi connectivity index (χ4n) is 15.2. The molecule has 46 heteroatoms. The van der Waals surface area contributed by atoms with Crippen LogP contribution in [0.3, 0.4) is 0 Å². The molecule has 18 rings (SSSR count). The van der Waals surface area contributed by atoms with Gasteiger partial charge in [0, 0.05) is 170 Å². The Kier molecular flexibility index (Phi) is 28.2. The highest BCUT2D eigenvalue weighted by atomic mass is 32.1. The van der Waals surface area contributed by atoms with Gasteiger partial charge in [0.1, 0.15) is 46.9 Å². The first kappa shape index (κ1) is 98.4. The van der Waals surface area contributed by atoms with Crippen molar-refractivity contribution in [3.05, 3.63) is 222 Å². The Balaban J connectivity index is 0.000000141. The number of nitrogens with one attached hydrogen (secondary N) is 2. The monoisotopic (exact) mass is 1920 g/mol. The summed E-state index contributed by atoms with van der Waals surface area (Å²) in [6, 6.07) is 26.9. The quantitative estimate of drug-likeness (QED) is 0.0761. The molecular formula is C88H84F20N16O9S. The summed E-state index contributed by atoms with van der Waals surface area (Å²) in [5, 5.41) is 22.5. The predicted octanol–water partition coefficient (Wildman–Crippen LogP) is 20.2. The number of rotatable bonds is 12. The SMILES string of the molecule is CC(C)(C)OC(=O)N1CC(n2cc(C(F)(F)F)c3cc(F)ccc32)C1.CC(C)(C)OC(=O)N1CC(n2ccc3cc(F)ccc32)C1.COCc1nnc(N2CC(n3cc(C(F)(F)F)c4cc(F)ccc43)C2)n1-c1ccc(OC)nc1.COc1ccc(NC(=S)N2CC(n3cc(C(F)(F)F)c4cc(F)ccc43)C2)cn1.Fc1ccc2c(c1)c(C(F)(F)F)cn2C1CNC1.O=C(O)C(F)(F)F. The standard InChI is InChI=1S/C22H20F4N6O2.C19H16F4N4OS.C17H18F4N2O2.C16H19FN2O2.C12H10F4N2.C2HF3O2/c1-33-12-19-28-29-21(32(19)14-4-6-20(34-2)27-8-14)30-9-15(10-30)31-11-17(22(24,25)26)16-7-13(23)3-5-18(16)31;1-28-17-5-3-12(7-24-17)25-18(29)26-8-13(9-26)27-10-15(19(21,22)23)14-6-11(20)2-4-16(14)27;1-16(2,3)25-15(24)22-7-11(8-22)23-9-13(17(19,20)21)12-6-10(18)4-5-14(12)23;1-16(2,3)21-15(20)18-9-13(10-18)19-7-6-11-8-12(17)4-5-14(11)19;13-7-1-2-11-9(3-7)10(12(14,15)16)6-18(11)8-4-17-5-8;3-2(4,5)1(6)7/h3-8,11,15H,9-10,12H2,1-2H3;2-7,10,13H,8-9H2,1H3,(H,25,29);4-6,9,11H,7-8H2,1-3H3;4-8,13H,9-10H2,1-3H3;1-3,6,8,17H,4-5H2;(H,6,7).